The lowest BCUT2D eigenvalue weighted by atomic mass is 9.95. The first kappa shape index (κ1) is 43.6. The number of anilines is 2. The van der Waals surface area contributed by atoms with Gasteiger partial charge < -0.3 is 61.7 Å². The van der Waals surface area contributed by atoms with Crippen molar-refractivity contribution in [1.29, 1.82) is 0 Å². The van der Waals surface area contributed by atoms with Gasteiger partial charge in [-0.1, -0.05) is 26.0 Å². The Balaban J connectivity index is 1.01. The van der Waals surface area contributed by atoms with Crippen molar-refractivity contribution in [2.24, 2.45) is 5.92 Å². The van der Waals surface area contributed by atoms with Crippen LogP contribution in [0.4, 0.5) is 16.3 Å². The zero-order chi connectivity index (χ0) is 42.8. The van der Waals surface area contributed by atoms with Gasteiger partial charge in [0.25, 0.3) is 11.8 Å². The molecule has 0 aliphatic carbocycles. The molecule has 5 rings (SSSR count). The highest BCUT2D eigenvalue weighted by molar-refractivity contribution is 6.13. The van der Waals surface area contributed by atoms with E-state index in [4.69, 9.17) is 9.47 Å². The van der Waals surface area contributed by atoms with Crippen LogP contribution in [-0.2, 0) is 44.8 Å². The summed E-state index contributed by atoms with van der Waals surface area (Å²) >= 11 is 0. The summed E-state index contributed by atoms with van der Waals surface area (Å²) in [4.78, 5) is 103. The molecule has 23 nitrogen and oxygen atoms in total. The summed E-state index contributed by atoms with van der Waals surface area (Å²) in [6.45, 7) is 3.29. The molecule has 7 atom stereocenters. The number of fused-ring (bicyclic) bond motifs is 1. The zero-order valence-electron chi connectivity index (χ0n) is 32.1. The lowest BCUT2D eigenvalue weighted by Gasteiger charge is -2.42. The number of amides is 7. The van der Waals surface area contributed by atoms with E-state index in [1.807, 2.05) is 0 Å². The smallest absolute Gasteiger partial charge is 0.407 e. The van der Waals surface area contributed by atoms with E-state index >= 15 is 0 Å². The van der Waals surface area contributed by atoms with Crippen LogP contribution in [0.3, 0.4) is 0 Å². The van der Waals surface area contributed by atoms with Gasteiger partial charge in [0, 0.05) is 30.8 Å². The second kappa shape index (κ2) is 19.7. The Hall–Kier alpha value is -6.56. The maximum atomic E-state index is 13.0. The molecular weight excluding hydrogens is 778 g/mol. The van der Waals surface area contributed by atoms with Crippen molar-refractivity contribution < 1.29 is 58.4 Å². The number of aromatic amines is 1. The molecule has 2 aromatic heterocycles. The third-order valence-corrected chi connectivity index (χ3v) is 9.22. The number of nitrogens with one attached hydrogen (secondary N) is 7. The average Bonchev–Trinajstić information content (AvgIpc) is 3.83. The standard InChI is InChI=1S/C36H45N11O12/c1-17(2)26(44-22(49)10-11-47-24(51)8-9-25(47)52)34(56)42-18(3)33(55)43-20-6-4-19(5-7-20)14-58-36(57)37-12-23(50)45-27-21(13-48)59-35(30(54)29(27)53)46-32-28-31(39-15-38-28)40-16-41-32/h4-9,15-18,21,26-27,29-30,35,48,53-54H,10-14H2,1-3H3,(H,37,57)(H,42,56)(H,43,55)(H,44,49)(H,45,50)(H2,38,39,40,41,46)/t18-,21-,26-,27-,29+,30-,35+/m0/s1. The first-order valence-corrected chi connectivity index (χ1v) is 18.4. The highest BCUT2D eigenvalue weighted by Crippen LogP contribution is 2.24. The molecule has 59 heavy (non-hydrogen) atoms. The molecule has 1 aromatic carbocycles. The molecule has 4 heterocycles. The van der Waals surface area contributed by atoms with E-state index in [1.54, 1.807) is 26.0 Å². The van der Waals surface area contributed by atoms with Gasteiger partial charge in [0.2, 0.25) is 23.6 Å². The van der Waals surface area contributed by atoms with Gasteiger partial charge in [-0.15, -0.1) is 0 Å². The predicted molar refractivity (Wildman–Crippen MR) is 203 cm³/mol. The maximum absolute atomic E-state index is 13.0. The Morgan fingerprint density at radius 2 is 1.64 bits per heavy atom. The van der Waals surface area contributed by atoms with Crippen molar-refractivity contribution in [3.63, 3.8) is 0 Å². The van der Waals surface area contributed by atoms with Crippen LogP contribution in [-0.4, -0.2) is 144 Å². The van der Waals surface area contributed by atoms with Crippen molar-refractivity contribution >= 4 is 64.2 Å². The number of aliphatic hydroxyl groups excluding tert-OH is 3. The van der Waals surface area contributed by atoms with Crippen LogP contribution in [0.2, 0.25) is 0 Å². The van der Waals surface area contributed by atoms with Gasteiger partial charge in [0.1, 0.15) is 55.4 Å². The van der Waals surface area contributed by atoms with E-state index in [9.17, 15) is 48.9 Å². The lowest BCUT2D eigenvalue weighted by molar-refractivity contribution is -0.185. The fraction of sp³-hybridized carbons (Fsp3) is 0.444. The summed E-state index contributed by atoms with van der Waals surface area (Å²) in [6, 6.07) is 2.94. The normalized spacial score (nSPS) is 21.1. The van der Waals surface area contributed by atoms with Gasteiger partial charge in [-0.3, -0.25) is 33.7 Å². The van der Waals surface area contributed by atoms with Crippen LogP contribution < -0.4 is 31.9 Å². The quantitative estimate of drug-likeness (QED) is 0.0630. The topological polar surface area (TPSA) is 329 Å². The number of alkyl carbamates (subject to hydrolysis) is 1. The average molecular weight is 824 g/mol. The van der Waals surface area contributed by atoms with E-state index in [-0.39, 0.29) is 31.3 Å². The number of imide groups is 1. The minimum absolute atomic E-state index is 0.146. The lowest BCUT2D eigenvalue weighted by Crippen LogP contribution is -2.66. The SMILES string of the molecule is CC(C)[C@H](NC(=O)CCN1C(=O)C=CC1=O)C(=O)N[C@@H](C)C(=O)Nc1ccc(COC(=O)NCC(=O)N[C@@H]2[C@@H](O)[C@H](O)[C@H](Nc3ncnc4nc[nH]c34)O[C@H]2CO)cc1. The number of hydrogen-bond acceptors (Lipinski definition) is 16. The fourth-order valence-electron chi connectivity index (χ4n) is 5.97. The minimum Gasteiger partial charge on any atom is -0.445 e. The number of aromatic nitrogens is 4. The number of nitrogens with zero attached hydrogens (tertiary/aromatic N) is 4. The molecule has 0 radical (unpaired) electrons. The van der Waals surface area contributed by atoms with E-state index < -0.39 is 97.4 Å². The van der Waals surface area contributed by atoms with Crippen molar-refractivity contribution in [3.05, 3.63) is 54.6 Å². The van der Waals surface area contributed by atoms with Crippen LogP contribution in [0.25, 0.3) is 11.2 Å². The highest BCUT2D eigenvalue weighted by atomic mass is 16.6. The number of imidazole rings is 1. The molecule has 0 unspecified atom stereocenters. The predicted octanol–water partition coefficient (Wildman–Crippen LogP) is -2.49. The molecule has 0 spiro atoms. The minimum atomic E-state index is -1.60. The van der Waals surface area contributed by atoms with E-state index in [1.165, 1.54) is 31.7 Å². The third kappa shape index (κ3) is 11.3. The summed E-state index contributed by atoms with van der Waals surface area (Å²) in [5, 5.41) is 46.8. The number of carbonyl (C=O) groups is 7. The maximum Gasteiger partial charge on any atom is 0.407 e. The molecule has 1 saturated heterocycles. The first-order chi connectivity index (χ1) is 28.1. The van der Waals surface area contributed by atoms with Gasteiger partial charge >= 0.3 is 6.09 Å². The number of ether oxygens (including phenoxy) is 2. The second-order valence-corrected chi connectivity index (χ2v) is 13.9. The van der Waals surface area contributed by atoms with Gasteiger partial charge in [-0.05, 0) is 30.5 Å². The van der Waals surface area contributed by atoms with Crippen molar-refractivity contribution in [2.75, 3.05) is 30.3 Å². The largest absolute Gasteiger partial charge is 0.445 e. The molecule has 3 aromatic rings. The molecule has 2 aliphatic rings. The Morgan fingerprint density at radius 3 is 2.32 bits per heavy atom. The summed E-state index contributed by atoms with van der Waals surface area (Å²) < 4.78 is 10.9. The van der Waals surface area contributed by atoms with Crippen molar-refractivity contribution in [3.8, 4) is 0 Å². The Morgan fingerprint density at radius 1 is 0.932 bits per heavy atom. The molecule has 7 amide bonds. The zero-order valence-corrected chi connectivity index (χ0v) is 32.1. The number of rotatable bonds is 17. The van der Waals surface area contributed by atoms with E-state index in [0.717, 1.165) is 17.1 Å². The summed E-state index contributed by atoms with van der Waals surface area (Å²) in [5.74, 6) is -3.69. The van der Waals surface area contributed by atoms with Gasteiger partial charge in [-0.25, -0.2) is 19.7 Å². The fourth-order valence-corrected chi connectivity index (χ4v) is 5.97. The van der Waals surface area contributed by atoms with E-state index in [2.05, 4.69) is 51.8 Å². The Kier molecular flexibility index (Phi) is 14.6. The van der Waals surface area contributed by atoms with Crippen LogP contribution in [0.5, 0.6) is 0 Å². The molecule has 316 valence electrons. The number of carbonyl (C=O) groups excluding carboxylic acids is 7. The second-order valence-electron chi connectivity index (χ2n) is 13.9. The first-order valence-electron chi connectivity index (χ1n) is 18.4. The Labute approximate surface area is 335 Å². The summed E-state index contributed by atoms with van der Waals surface area (Å²) in [6.07, 6.45) is -1.89. The van der Waals surface area contributed by atoms with Crippen LogP contribution in [0.1, 0.15) is 32.8 Å². The van der Waals surface area contributed by atoms with Gasteiger partial charge in [0.05, 0.1) is 19.0 Å². The third-order valence-electron chi connectivity index (χ3n) is 9.22. The molecule has 2 aliphatic heterocycles. The molecule has 1 fully saturated rings. The van der Waals surface area contributed by atoms with Crippen LogP contribution in [0.15, 0.2) is 49.1 Å². The number of hydrogen-bond donors (Lipinski definition) is 10. The highest BCUT2D eigenvalue weighted by Gasteiger charge is 2.45. The number of H-pyrrole nitrogens is 1. The number of benzene rings is 1. The van der Waals surface area contributed by atoms with E-state index in [0.29, 0.717) is 22.4 Å². The summed E-state index contributed by atoms with van der Waals surface area (Å²) in [5.41, 5.74) is 1.64. The van der Waals surface area contributed by atoms with Crippen LogP contribution in [0, 0.1) is 5.92 Å². The van der Waals surface area contributed by atoms with Crippen molar-refractivity contribution in [1.82, 2.24) is 46.1 Å². The van der Waals surface area contributed by atoms with Gasteiger partial charge in [0.15, 0.2) is 17.7 Å². The van der Waals surface area contributed by atoms with Crippen LogP contribution >= 0.6 is 0 Å². The Bertz CT molecular complexity index is 2040. The molecule has 23 heteroatoms. The van der Waals surface area contributed by atoms with Crippen molar-refractivity contribution in [2.45, 2.75) is 76.5 Å². The monoisotopic (exact) mass is 823 g/mol. The molecule has 0 bridgehead atoms. The molecule has 10 N–H and O–H groups in total. The summed E-state index contributed by atoms with van der Waals surface area (Å²) in [7, 11) is 0. The molecule has 0 saturated carbocycles. The number of aliphatic hydroxyl groups is 3. The molecular formula is C36H45N11O12. The van der Waals surface area contributed by atoms with Gasteiger partial charge in [-0.2, -0.15) is 0 Å².